The zero-order chi connectivity index (χ0) is 17.6. The Morgan fingerprint density at radius 3 is 2.64 bits per heavy atom. The molecule has 2 aromatic rings. The lowest BCUT2D eigenvalue weighted by Gasteiger charge is -2.31. The van der Waals surface area contributed by atoms with Crippen LogP contribution in [0.3, 0.4) is 0 Å². The summed E-state index contributed by atoms with van der Waals surface area (Å²) >= 11 is 0. The molecule has 1 fully saturated rings. The van der Waals surface area contributed by atoms with Gasteiger partial charge in [-0.3, -0.25) is 24.5 Å². The molecule has 3 heterocycles. The monoisotopic (exact) mass is 339 g/mol. The SMILES string of the molecule is CC(=O)N1CCC(c2nccnc2CNC(=O)c2cccnc2)CC1. The Morgan fingerprint density at radius 1 is 1.20 bits per heavy atom. The summed E-state index contributed by atoms with van der Waals surface area (Å²) in [5.74, 6) is 0.187. The number of pyridine rings is 1. The number of carbonyl (C=O) groups excluding carboxylic acids is 2. The van der Waals surface area contributed by atoms with Crippen molar-refractivity contribution in [1.82, 2.24) is 25.2 Å². The first-order chi connectivity index (χ1) is 12.1. The van der Waals surface area contributed by atoms with Gasteiger partial charge in [-0.25, -0.2) is 0 Å². The van der Waals surface area contributed by atoms with Crippen molar-refractivity contribution in [1.29, 1.82) is 0 Å². The molecule has 0 atom stereocenters. The fraction of sp³-hybridized carbons (Fsp3) is 0.389. The van der Waals surface area contributed by atoms with E-state index in [-0.39, 0.29) is 17.7 Å². The summed E-state index contributed by atoms with van der Waals surface area (Å²) in [5.41, 5.74) is 2.21. The van der Waals surface area contributed by atoms with E-state index in [9.17, 15) is 9.59 Å². The van der Waals surface area contributed by atoms with Gasteiger partial charge in [-0.1, -0.05) is 0 Å². The van der Waals surface area contributed by atoms with Gasteiger partial charge in [0.25, 0.3) is 5.91 Å². The Morgan fingerprint density at radius 2 is 1.96 bits per heavy atom. The van der Waals surface area contributed by atoms with E-state index in [4.69, 9.17) is 0 Å². The molecule has 2 amide bonds. The first-order valence-electron chi connectivity index (χ1n) is 8.38. The van der Waals surface area contributed by atoms with E-state index in [0.29, 0.717) is 12.1 Å². The van der Waals surface area contributed by atoms with Crippen molar-refractivity contribution in [2.75, 3.05) is 13.1 Å². The van der Waals surface area contributed by atoms with Crippen LogP contribution in [0.25, 0.3) is 0 Å². The second-order valence-corrected chi connectivity index (χ2v) is 6.09. The summed E-state index contributed by atoms with van der Waals surface area (Å²) in [4.78, 5) is 38.4. The molecule has 130 valence electrons. The van der Waals surface area contributed by atoms with Crippen molar-refractivity contribution < 1.29 is 9.59 Å². The molecule has 1 saturated heterocycles. The molecule has 0 bridgehead atoms. The highest BCUT2D eigenvalue weighted by atomic mass is 16.2. The number of carbonyl (C=O) groups is 2. The molecule has 25 heavy (non-hydrogen) atoms. The number of hydrogen-bond donors (Lipinski definition) is 1. The molecule has 0 spiro atoms. The van der Waals surface area contributed by atoms with Crippen LogP contribution in [0.15, 0.2) is 36.9 Å². The molecule has 0 aliphatic carbocycles. The predicted octanol–water partition coefficient (Wildman–Crippen LogP) is 1.53. The molecule has 3 rings (SSSR count). The van der Waals surface area contributed by atoms with Crippen molar-refractivity contribution in [2.45, 2.75) is 32.2 Å². The van der Waals surface area contributed by atoms with Gasteiger partial charge in [0.15, 0.2) is 0 Å². The number of nitrogens with one attached hydrogen (secondary N) is 1. The third-order valence-electron chi connectivity index (χ3n) is 4.47. The zero-order valence-corrected chi connectivity index (χ0v) is 14.2. The summed E-state index contributed by atoms with van der Waals surface area (Å²) in [6, 6.07) is 3.45. The Labute approximate surface area is 146 Å². The van der Waals surface area contributed by atoms with E-state index in [1.807, 2.05) is 4.90 Å². The van der Waals surface area contributed by atoms with Crippen molar-refractivity contribution >= 4 is 11.8 Å². The maximum Gasteiger partial charge on any atom is 0.253 e. The average molecular weight is 339 g/mol. The van der Waals surface area contributed by atoms with Crippen molar-refractivity contribution in [3.63, 3.8) is 0 Å². The summed E-state index contributed by atoms with van der Waals surface area (Å²) in [6.07, 6.45) is 8.21. The topological polar surface area (TPSA) is 88.1 Å². The maximum absolute atomic E-state index is 12.2. The Bertz CT molecular complexity index is 742. The number of piperidine rings is 1. The molecular formula is C18H21N5O2. The Hall–Kier alpha value is -2.83. The summed E-state index contributed by atoms with van der Waals surface area (Å²) < 4.78 is 0. The van der Waals surface area contributed by atoms with Crippen LogP contribution in [0.5, 0.6) is 0 Å². The Balaban J connectivity index is 1.65. The lowest BCUT2D eigenvalue weighted by Crippen LogP contribution is -2.37. The third-order valence-corrected chi connectivity index (χ3v) is 4.47. The lowest BCUT2D eigenvalue weighted by molar-refractivity contribution is -0.129. The molecule has 7 heteroatoms. The van der Waals surface area contributed by atoms with E-state index >= 15 is 0 Å². The van der Waals surface area contributed by atoms with E-state index in [1.165, 1.54) is 6.20 Å². The standard InChI is InChI=1S/C18H21N5O2/c1-13(24)23-9-4-14(5-10-23)17-16(20-7-8-21-17)12-22-18(25)15-3-2-6-19-11-15/h2-3,6-8,11,14H,4-5,9-10,12H2,1H3,(H,22,25). The van der Waals surface area contributed by atoms with Gasteiger partial charge < -0.3 is 10.2 Å². The third kappa shape index (κ3) is 4.17. The molecule has 0 unspecified atom stereocenters. The van der Waals surface area contributed by atoms with Crippen LogP contribution in [-0.2, 0) is 11.3 Å². The summed E-state index contributed by atoms with van der Waals surface area (Å²) in [5, 5.41) is 2.88. The lowest BCUT2D eigenvalue weighted by atomic mass is 9.92. The van der Waals surface area contributed by atoms with Gasteiger partial charge in [-0.2, -0.15) is 0 Å². The van der Waals surface area contributed by atoms with Crippen LogP contribution < -0.4 is 5.32 Å². The number of likely N-dealkylation sites (tertiary alicyclic amines) is 1. The zero-order valence-electron chi connectivity index (χ0n) is 14.2. The highest BCUT2D eigenvalue weighted by molar-refractivity contribution is 5.93. The predicted molar refractivity (Wildman–Crippen MR) is 91.7 cm³/mol. The van der Waals surface area contributed by atoms with Gasteiger partial charge in [0, 0.05) is 50.7 Å². The number of hydrogen-bond acceptors (Lipinski definition) is 5. The summed E-state index contributed by atoms with van der Waals surface area (Å²) in [7, 11) is 0. The van der Waals surface area contributed by atoms with Crippen LogP contribution in [0.1, 0.15) is 47.4 Å². The van der Waals surface area contributed by atoms with E-state index < -0.39 is 0 Å². The van der Waals surface area contributed by atoms with Gasteiger partial charge >= 0.3 is 0 Å². The molecule has 0 radical (unpaired) electrons. The van der Waals surface area contributed by atoms with Crippen molar-refractivity contribution in [3.8, 4) is 0 Å². The minimum absolute atomic E-state index is 0.113. The van der Waals surface area contributed by atoms with Crippen molar-refractivity contribution in [3.05, 3.63) is 53.9 Å². The first-order valence-corrected chi connectivity index (χ1v) is 8.38. The van der Waals surface area contributed by atoms with E-state index in [0.717, 1.165) is 37.3 Å². The fourth-order valence-corrected chi connectivity index (χ4v) is 3.09. The van der Waals surface area contributed by atoms with Gasteiger partial charge in [-0.15, -0.1) is 0 Å². The average Bonchev–Trinajstić information content (AvgIpc) is 2.67. The number of rotatable bonds is 4. The van der Waals surface area contributed by atoms with Crippen LogP contribution in [0.4, 0.5) is 0 Å². The quantitative estimate of drug-likeness (QED) is 0.912. The molecule has 1 N–H and O–H groups in total. The van der Waals surface area contributed by atoms with Gasteiger partial charge in [0.05, 0.1) is 23.5 Å². The number of nitrogens with zero attached hydrogens (tertiary/aromatic N) is 4. The number of amides is 2. The first kappa shape index (κ1) is 17.0. The fourth-order valence-electron chi connectivity index (χ4n) is 3.09. The molecule has 7 nitrogen and oxygen atoms in total. The largest absolute Gasteiger partial charge is 0.346 e. The Kier molecular flexibility index (Phi) is 5.33. The van der Waals surface area contributed by atoms with E-state index in [1.54, 1.807) is 37.6 Å². The molecule has 0 saturated carbocycles. The highest BCUT2D eigenvalue weighted by Gasteiger charge is 2.25. The van der Waals surface area contributed by atoms with Crippen molar-refractivity contribution in [2.24, 2.45) is 0 Å². The second-order valence-electron chi connectivity index (χ2n) is 6.09. The van der Waals surface area contributed by atoms with E-state index in [2.05, 4.69) is 20.3 Å². The number of aromatic nitrogens is 3. The molecule has 2 aromatic heterocycles. The van der Waals surface area contributed by atoms with Gasteiger partial charge in [0.1, 0.15) is 0 Å². The van der Waals surface area contributed by atoms with Gasteiger partial charge in [-0.05, 0) is 25.0 Å². The summed E-state index contributed by atoms with van der Waals surface area (Å²) in [6.45, 7) is 3.39. The second kappa shape index (κ2) is 7.83. The van der Waals surface area contributed by atoms with Crippen LogP contribution in [0.2, 0.25) is 0 Å². The molecule has 0 aromatic carbocycles. The minimum Gasteiger partial charge on any atom is -0.346 e. The highest BCUT2D eigenvalue weighted by Crippen LogP contribution is 2.28. The maximum atomic E-state index is 12.2. The molecular weight excluding hydrogens is 318 g/mol. The van der Waals surface area contributed by atoms with Crippen LogP contribution in [-0.4, -0.2) is 44.8 Å². The molecule has 1 aliphatic rings. The molecule has 1 aliphatic heterocycles. The normalized spacial score (nSPS) is 15.0. The van der Waals surface area contributed by atoms with Gasteiger partial charge in [0.2, 0.25) is 5.91 Å². The van der Waals surface area contributed by atoms with Crippen LogP contribution in [0, 0.1) is 0 Å². The van der Waals surface area contributed by atoms with Crippen LogP contribution >= 0.6 is 0 Å². The smallest absolute Gasteiger partial charge is 0.253 e. The minimum atomic E-state index is -0.184.